The van der Waals surface area contributed by atoms with Crippen LogP contribution in [0.2, 0.25) is 0 Å². The molecule has 0 aromatic heterocycles. The number of aromatic hydroxyl groups is 1. The molecule has 2 amide bonds. The number of phenols is 1. The first-order chi connectivity index (χ1) is 16.9. The lowest BCUT2D eigenvalue weighted by Crippen LogP contribution is -2.39. The van der Waals surface area contributed by atoms with Crippen molar-refractivity contribution in [1.82, 2.24) is 0 Å². The molecule has 4 aliphatic rings. The third-order valence-corrected chi connectivity index (χ3v) is 7.83. The van der Waals surface area contributed by atoms with Crippen LogP contribution in [0.25, 0.3) is 0 Å². The van der Waals surface area contributed by atoms with E-state index in [1.165, 1.54) is 11.0 Å². The lowest BCUT2D eigenvalue weighted by molar-refractivity contribution is -0.123. The molecule has 0 unspecified atom stereocenters. The molecule has 0 saturated carbocycles. The summed E-state index contributed by atoms with van der Waals surface area (Å²) in [7, 11) is 0. The molecule has 0 bridgehead atoms. The van der Waals surface area contributed by atoms with E-state index in [0.717, 1.165) is 5.57 Å². The standard InChI is InChI=1S/C29H23NO5/c1-15-13-23(32)21-14-20-17(24(26(21)27(15)33)18-9-5-6-10-22(18)31)11-12-19-25(20)29(35)30(28(19)34)16-7-3-2-4-8-16/h2-11,13,19-20,24-25,31H,12,14H2,1H3/t19-,20+,24+,25-/m0/s1. The number of Topliss-reactive ketones (excluding diaryl/α,β-unsaturated/α-hetero) is 1. The van der Waals surface area contributed by atoms with E-state index in [0.29, 0.717) is 34.4 Å². The summed E-state index contributed by atoms with van der Waals surface area (Å²) in [6.45, 7) is 1.63. The molecule has 6 rings (SSSR count). The molecular formula is C29H23NO5. The van der Waals surface area contributed by atoms with Crippen molar-refractivity contribution in [3.05, 3.63) is 94.6 Å². The van der Waals surface area contributed by atoms with E-state index in [-0.39, 0.29) is 35.6 Å². The highest BCUT2D eigenvalue weighted by Crippen LogP contribution is 2.56. The van der Waals surface area contributed by atoms with Gasteiger partial charge in [0.1, 0.15) is 5.75 Å². The zero-order chi connectivity index (χ0) is 24.4. The number of ketones is 2. The van der Waals surface area contributed by atoms with Gasteiger partial charge in [-0.3, -0.25) is 24.1 Å². The summed E-state index contributed by atoms with van der Waals surface area (Å²) in [5.41, 5.74) is 3.03. The van der Waals surface area contributed by atoms with Crippen molar-refractivity contribution >= 4 is 29.1 Å². The summed E-state index contributed by atoms with van der Waals surface area (Å²) in [4.78, 5) is 54.8. The Morgan fingerprint density at radius 1 is 0.886 bits per heavy atom. The Bertz CT molecular complexity index is 1410. The van der Waals surface area contributed by atoms with E-state index in [1.54, 1.807) is 55.5 Å². The Morgan fingerprint density at radius 3 is 2.34 bits per heavy atom. The van der Waals surface area contributed by atoms with Gasteiger partial charge in [0.2, 0.25) is 11.8 Å². The van der Waals surface area contributed by atoms with Gasteiger partial charge in [-0.15, -0.1) is 0 Å². The fourth-order valence-corrected chi connectivity index (χ4v) is 6.28. The van der Waals surface area contributed by atoms with E-state index in [9.17, 15) is 24.3 Å². The molecule has 3 aliphatic carbocycles. The molecule has 1 saturated heterocycles. The van der Waals surface area contributed by atoms with Crippen molar-refractivity contribution in [2.75, 3.05) is 4.90 Å². The molecule has 174 valence electrons. The van der Waals surface area contributed by atoms with Gasteiger partial charge in [0.15, 0.2) is 11.6 Å². The summed E-state index contributed by atoms with van der Waals surface area (Å²) in [5, 5.41) is 10.7. The van der Waals surface area contributed by atoms with Crippen LogP contribution in [0.1, 0.15) is 31.2 Å². The second-order valence-electron chi connectivity index (χ2n) is 9.63. The van der Waals surface area contributed by atoms with Crippen molar-refractivity contribution in [3.63, 3.8) is 0 Å². The van der Waals surface area contributed by atoms with Crippen LogP contribution in [-0.2, 0) is 19.2 Å². The van der Waals surface area contributed by atoms with Gasteiger partial charge in [-0.2, -0.15) is 0 Å². The Hall–Kier alpha value is -4.06. The minimum atomic E-state index is -0.639. The van der Waals surface area contributed by atoms with E-state index < -0.39 is 23.7 Å². The van der Waals surface area contributed by atoms with E-state index in [4.69, 9.17) is 0 Å². The van der Waals surface area contributed by atoms with Gasteiger partial charge in [-0.25, -0.2) is 0 Å². The van der Waals surface area contributed by atoms with Crippen LogP contribution in [0.5, 0.6) is 5.75 Å². The number of anilines is 1. The largest absolute Gasteiger partial charge is 0.508 e. The highest BCUT2D eigenvalue weighted by atomic mass is 16.3. The molecule has 1 N–H and O–H groups in total. The van der Waals surface area contributed by atoms with Gasteiger partial charge in [0.05, 0.1) is 17.5 Å². The number of hydrogen-bond donors (Lipinski definition) is 1. The average Bonchev–Trinajstić information content (AvgIpc) is 3.12. The maximum atomic E-state index is 13.7. The first-order valence-electron chi connectivity index (χ1n) is 11.8. The summed E-state index contributed by atoms with van der Waals surface area (Å²) < 4.78 is 0. The highest BCUT2D eigenvalue weighted by molar-refractivity contribution is 6.25. The lowest BCUT2D eigenvalue weighted by Gasteiger charge is -2.42. The summed E-state index contributed by atoms with van der Waals surface area (Å²) in [6, 6.07) is 15.7. The zero-order valence-electron chi connectivity index (χ0n) is 19.1. The normalized spacial score (nSPS) is 27.9. The second kappa shape index (κ2) is 7.73. The van der Waals surface area contributed by atoms with Crippen molar-refractivity contribution in [2.45, 2.75) is 25.7 Å². The third kappa shape index (κ3) is 3.02. The predicted octanol–water partition coefficient (Wildman–Crippen LogP) is 4.03. The number of allylic oxidation sites excluding steroid dienone is 6. The summed E-state index contributed by atoms with van der Waals surface area (Å²) >= 11 is 0. The van der Waals surface area contributed by atoms with Crippen LogP contribution < -0.4 is 4.90 Å². The Morgan fingerprint density at radius 2 is 1.60 bits per heavy atom. The van der Waals surface area contributed by atoms with Gasteiger partial charge in [-0.1, -0.05) is 48.0 Å². The van der Waals surface area contributed by atoms with E-state index in [2.05, 4.69) is 0 Å². The summed E-state index contributed by atoms with van der Waals surface area (Å²) in [6.07, 6.45) is 3.91. The van der Waals surface area contributed by atoms with E-state index >= 15 is 0 Å². The topological polar surface area (TPSA) is 91.8 Å². The maximum Gasteiger partial charge on any atom is 0.238 e. The average molecular weight is 466 g/mol. The molecule has 6 heteroatoms. The van der Waals surface area contributed by atoms with Gasteiger partial charge in [0, 0.05) is 28.2 Å². The first-order valence-corrected chi connectivity index (χ1v) is 11.8. The number of imide groups is 1. The fourth-order valence-electron chi connectivity index (χ4n) is 6.28. The van der Waals surface area contributed by atoms with Crippen molar-refractivity contribution in [2.24, 2.45) is 17.8 Å². The number of carbonyl (C=O) groups is 4. The molecule has 35 heavy (non-hydrogen) atoms. The highest BCUT2D eigenvalue weighted by Gasteiger charge is 2.56. The lowest BCUT2D eigenvalue weighted by atomic mass is 9.59. The monoisotopic (exact) mass is 465 g/mol. The Balaban J connectivity index is 1.51. The Kier molecular flexibility index (Phi) is 4.74. The number of carbonyl (C=O) groups excluding carboxylic acids is 4. The molecule has 2 aromatic carbocycles. The van der Waals surface area contributed by atoms with Gasteiger partial charge in [0.25, 0.3) is 0 Å². The van der Waals surface area contributed by atoms with Crippen molar-refractivity contribution < 1.29 is 24.3 Å². The zero-order valence-corrected chi connectivity index (χ0v) is 19.1. The molecular weight excluding hydrogens is 442 g/mol. The molecule has 1 aliphatic heterocycles. The molecule has 6 nitrogen and oxygen atoms in total. The van der Waals surface area contributed by atoms with Crippen molar-refractivity contribution in [3.8, 4) is 5.75 Å². The fraction of sp³-hybridized carbons (Fsp3) is 0.241. The molecule has 0 spiro atoms. The minimum absolute atomic E-state index is 0.0280. The van der Waals surface area contributed by atoms with E-state index in [1.807, 2.05) is 12.1 Å². The number of hydrogen-bond acceptors (Lipinski definition) is 5. The van der Waals surface area contributed by atoms with Crippen LogP contribution in [0, 0.1) is 17.8 Å². The SMILES string of the molecule is CC1=CC(=O)C2=C(C1=O)[C@@H](c1ccccc1O)C1=CC[C@@H]3C(=O)N(c4ccccc4)C(=O)[C@@H]3[C@@H]1C2. The minimum Gasteiger partial charge on any atom is -0.508 e. The van der Waals surface area contributed by atoms with Gasteiger partial charge < -0.3 is 5.11 Å². The van der Waals surface area contributed by atoms with Crippen molar-refractivity contribution in [1.29, 1.82) is 0 Å². The number of para-hydroxylation sites is 2. The molecule has 2 aromatic rings. The first kappa shape index (κ1) is 21.5. The molecule has 1 heterocycles. The summed E-state index contributed by atoms with van der Waals surface area (Å²) in [5.74, 6) is -3.13. The third-order valence-electron chi connectivity index (χ3n) is 7.83. The number of rotatable bonds is 2. The van der Waals surface area contributed by atoms with Gasteiger partial charge >= 0.3 is 0 Å². The molecule has 1 fully saturated rings. The van der Waals surface area contributed by atoms with Crippen LogP contribution >= 0.6 is 0 Å². The molecule has 4 atom stereocenters. The number of benzene rings is 2. The number of amides is 2. The van der Waals surface area contributed by atoms with Gasteiger partial charge in [-0.05, 0) is 50.0 Å². The second-order valence-corrected chi connectivity index (χ2v) is 9.63. The number of phenolic OH excluding ortho intramolecular Hbond substituents is 1. The van der Waals surface area contributed by atoms with Crippen LogP contribution in [0.3, 0.4) is 0 Å². The van der Waals surface area contributed by atoms with Crippen LogP contribution in [-0.4, -0.2) is 28.5 Å². The Labute approximate surface area is 202 Å². The number of nitrogens with zero attached hydrogens (tertiary/aromatic N) is 1. The smallest absolute Gasteiger partial charge is 0.238 e. The predicted molar refractivity (Wildman–Crippen MR) is 128 cm³/mol. The van der Waals surface area contributed by atoms with Crippen LogP contribution in [0.4, 0.5) is 5.69 Å². The molecule has 0 radical (unpaired) electrons. The number of fused-ring (bicyclic) bond motifs is 3. The quantitative estimate of drug-likeness (QED) is 0.411. The maximum absolute atomic E-state index is 13.7. The van der Waals surface area contributed by atoms with Crippen LogP contribution in [0.15, 0.2) is 89.0 Å².